The Morgan fingerprint density at radius 1 is 1.18 bits per heavy atom. The van der Waals surface area contributed by atoms with Crippen molar-refractivity contribution in [2.75, 3.05) is 0 Å². The summed E-state index contributed by atoms with van der Waals surface area (Å²) in [7, 11) is 0. The second-order valence-electron chi connectivity index (χ2n) is 4.34. The van der Waals surface area contributed by atoms with Crippen molar-refractivity contribution in [1.82, 2.24) is 0 Å². The second kappa shape index (κ2) is 8.68. The maximum absolute atomic E-state index is 10.0. The number of rotatable bonds is 8. The fourth-order valence-corrected chi connectivity index (χ4v) is 3.90. The lowest BCUT2D eigenvalue weighted by Gasteiger charge is -2.07. The Kier molecular flexibility index (Phi) is 8.00. The van der Waals surface area contributed by atoms with Crippen LogP contribution in [0.4, 0.5) is 0 Å². The van der Waals surface area contributed by atoms with Crippen LogP contribution in [0.1, 0.15) is 62.9 Å². The molecule has 17 heavy (non-hydrogen) atoms. The summed E-state index contributed by atoms with van der Waals surface area (Å²) < 4.78 is 2.11. The first-order valence-corrected chi connectivity index (χ1v) is 8.68. The highest BCUT2D eigenvalue weighted by Gasteiger charge is 2.12. The van der Waals surface area contributed by atoms with Gasteiger partial charge >= 0.3 is 0 Å². The van der Waals surface area contributed by atoms with Gasteiger partial charge in [0.2, 0.25) is 0 Å². The van der Waals surface area contributed by atoms with E-state index in [0.29, 0.717) is 0 Å². The van der Waals surface area contributed by atoms with Gasteiger partial charge in [0.15, 0.2) is 0 Å². The molecule has 1 aromatic rings. The molecule has 0 aliphatic rings. The first-order chi connectivity index (χ1) is 8.15. The third-order valence-electron chi connectivity index (χ3n) is 2.82. The number of hydrogen-bond donors (Lipinski definition) is 1. The van der Waals surface area contributed by atoms with E-state index < -0.39 is 0 Å². The Labute approximate surface area is 125 Å². The molecule has 1 heterocycles. The van der Waals surface area contributed by atoms with E-state index in [2.05, 4.69) is 38.8 Å². The summed E-state index contributed by atoms with van der Waals surface area (Å²) in [4.78, 5) is 1.05. The van der Waals surface area contributed by atoms with Crippen LogP contribution >= 0.6 is 43.2 Å². The average molecular weight is 384 g/mol. The van der Waals surface area contributed by atoms with Gasteiger partial charge in [-0.25, -0.2) is 0 Å². The standard InChI is InChI=1S/C13H20Br2OS/c1-2-3-4-5-6-7-8-11(16)12-9-10(14)13(15)17-12/h9,11,16H,2-8H2,1H3. The van der Waals surface area contributed by atoms with Crippen LogP contribution in [0.15, 0.2) is 14.3 Å². The van der Waals surface area contributed by atoms with Crippen molar-refractivity contribution in [3.05, 3.63) is 19.2 Å². The predicted molar refractivity (Wildman–Crippen MR) is 82.7 cm³/mol. The van der Waals surface area contributed by atoms with Crippen molar-refractivity contribution in [3.63, 3.8) is 0 Å². The topological polar surface area (TPSA) is 20.2 Å². The van der Waals surface area contributed by atoms with Gasteiger partial charge in [0.05, 0.1) is 9.89 Å². The molecule has 0 spiro atoms. The van der Waals surface area contributed by atoms with E-state index in [0.717, 1.165) is 26.0 Å². The Bertz CT molecular complexity index is 306. The van der Waals surface area contributed by atoms with E-state index in [9.17, 15) is 5.11 Å². The predicted octanol–water partition coefficient (Wildman–Crippen LogP) is 6.06. The normalized spacial score (nSPS) is 12.9. The molecule has 0 bridgehead atoms. The molecule has 0 amide bonds. The van der Waals surface area contributed by atoms with Crippen LogP contribution in [0.3, 0.4) is 0 Å². The van der Waals surface area contributed by atoms with Crippen molar-refractivity contribution < 1.29 is 5.11 Å². The lowest BCUT2D eigenvalue weighted by molar-refractivity contribution is 0.167. The molecule has 0 aliphatic carbocycles. The van der Waals surface area contributed by atoms with E-state index >= 15 is 0 Å². The second-order valence-corrected chi connectivity index (χ2v) is 7.60. The summed E-state index contributed by atoms with van der Waals surface area (Å²) >= 11 is 8.52. The largest absolute Gasteiger partial charge is 0.388 e. The molecule has 1 atom stereocenters. The number of halogens is 2. The quantitative estimate of drug-likeness (QED) is 0.541. The van der Waals surface area contributed by atoms with Gasteiger partial charge in [0.1, 0.15) is 0 Å². The zero-order valence-electron chi connectivity index (χ0n) is 10.2. The van der Waals surface area contributed by atoms with E-state index in [4.69, 9.17) is 0 Å². The van der Waals surface area contributed by atoms with E-state index in [1.807, 2.05) is 6.07 Å². The lowest BCUT2D eigenvalue weighted by atomic mass is 10.1. The smallest absolute Gasteiger partial charge is 0.0882 e. The number of aliphatic hydroxyl groups excluding tert-OH is 1. The minimum atomic E-state index is -0.297. The molecule has 0 fully saturated rings. The monoisotopic (exact) mass is 382 g/mol. The molecule has 0 aromatic carbocycles. The summed E-state index contributed by atoms with van der Waals surface area (Å²) in [5.74, 6) is 0. The molecule has 1 aromatic heterocycles. The van der Waals surface area contributed by atoms with E-state index in [1.54, 1.807) is 11.3 Å². The third kappa shape index (κ3) is 5.86. The minimum Gasteiger partial charge on any atom is -0.388 e. The van der Waals surface area contributed by atoms with Crippen LogP contribution < -0.4 is 0 Å². The number of unbranched alkanes of at least 4 members (excludes halogenated alkanes) is 5. The highest BCUT2D eigenvalue weighted by molar-refractivity contribution is 9.13. The van der Waals surface area contributed by atoms with Crippen LogP contribution in [0.5, 0.6) is 0 Å². The van der Waals surface area contributed by atoms with Gasteiger partial charge in [-0.2, -0.15) is 0 Å². The van der Waals surface area contributed by atoms with E-state index in [-0.39, 0.29) is 6.10 Å². The minimum absolute atomic E-state index is 0.297. The van der Waals surface area contributed by atoms with Gasteiger partial charge < -0.3 is 5.11 Å². The van der Waals surface area contributed by atoms with Gasteiger partial charge in [-0.05, 0) is 44.3 Å². The maximum atomic E-state index is 10.0. The van der Waals surface area contributed by atoms with Gasteiger partial charge in [-0.15, -0.1) is 11.3 Å². The molecule has 1 unspecified atom stereocenters. The Morgan fingerprint density at radius 3 is 2.41 bits per heavy atom. The van der Waals surface area contributed by atoms with Gasteiger partial charge in [0, 0.05) is 9.35 Å². The zero-order chi connectivity index (χ0) is 12.7. The van der Waals surface area contributed by atoms with Crippen LogP contribution in [0.2, 0.25) is 0 Å². The summed E-state index contributed by atoms with van der Waals surface area (Å²) in [6.07, 6.45) is 8.22. The molecule has 1 N–H and O–H groups in total. The average Bonchev–Trinajstić information content (AvgIpc) is 2.64. The summed E-state index contributed by atoms with van der Waals surface area (Å²) in [5, 5.41) is 10.0. The molecular formula is C13H20Br2OS. The number of aliphatic hydroxyl groups is 1. The highest BCUT2D eigenvalue weighted by Crippen LogP contribution is 2.36. The van der Waals surface area contributed by atoms with Crippen LogP contribution in [-0.4, -0.2) is 5.11 Å². The van der Waals surface area contributed by atoms with Crippen LogP contribution in [0, 0.1) is 0 Å². The Balaban J connectivity index is 2.19. The molecule has 1 rings (SSSR count). The van der Waals surface area contributed by atoms with Crippen molar-refractivity contribution in [2.24, 2.45) is 0 Å². The number of thiophene rings is 1. The molecule has 0 aliphatic heterocycles. The first-order valence-electron chi connectivity index (χ1n) is 6.28. The van der Waals surface area contributed by atoms with Gasteiger partial charge in [-0.3, -0.25) is 0 Å². The molecule has 0 saturated carbocycles. The Morgan fingerprint density at radius 2 is 1.82 bits per heavy atom. The SMILES string of the molecule is CCCCCCCCC(O)c1cc(Br)c(Br)s1. The lowest BCUT2D eigenvalue weighted by Crippen LogP contribution is -1.94. The van der Waals surface area contributed by atoms with Crippen molar-refractivity contribution >= 4 is 43.2 Å². The van der Waals surface area contributed by atoms with Crippen molar-refractivity contribution in [2.45, 2.75) is 58.0 Å². The molecule has 0 saturated heterocycles. The third-order valence-corrected chi connectivity index (χ3v) is 6.18. The maximum Gasteiger partial charge on any atom is 0.0882 e. The van der Waals surface area contributed by atoms with Crippen molar-refractivity contribution in [3.8, 4) is 0 Å². The molecule has 98 valence electrons. The van der Waals surface area contributed by atoms with Crippen LogP contribution in [0.25, 0.3) is 0 Å². The summed E-state index contributed by atoms with van der Waals surface area (Å²) in [6, 6.07) is 2.01. The van der Waals surface area contributed by atoms with Crippen LogP contribution in [-0.2, 0) is 0 Å². The molecule has 4 heteroatoms. The molecular weight excluding hydrogens is 364 g/mol. The summed E-state index contributed by atoms with van der Waals surface area (Å²) in [5.41, 5.74) is 0. The fraction of sp³-hybridized carbons (Fsp3) is 0.692. The first kappa shape index (κ1) is 15.7. The fourth-order valence-electron chi connectivity index (χ4n) is 1.79. The Hall–Kier alpha value is 0.620. The summed E-state index contributed by atoms with van der Waals surface area (Å²) in [6.45, 7) is 2.23. The van der Waals surface area contributed by atoms with Gasteiger partial charge in [0.25, 0.3) is 0 Å². The van der Waals surface area contributed by atoms with Gasteiger partial charge in [-0.1, -0.05) is 45.4 Å². The molecule has 1 nitrogen and oxygen atoms in total. The highest BCUT2D eigenvalue weighted by atomic mass is 79.9. The van der Waals surface area contributed by atoms with E-state index in [1.165, 1.54) is 32.1 Å². The molecule has 0 radical (unpaired) electrons. The number of hydrogen-bond acceptors (Lipinski definition) is 2. The zero-order valence-corrected chi connectivity index (χ0v) is 14.2. The van der Waals surface area contributed by atoms with Crippen molar-refractivity contribution in [1.29, 1.82) is 0 Å².